The number of fused-ring (bicyclic) bond motifs is 1. The Kier molecular flexibility index (Phi) is 3.78. The second-order valence-corrected chi connectivity index (χ2v) is 5.60. The summed E-state index contributed by atoms with van der Waals surface area (Å²) in [6.07, 6.45) is 1.76. The van der Waals surface area contributed by atoms with Crippen molar-refractivity contribution in [1.29, 1.82) is 0 Å². The first-order valence-electron chi connectivity index (χ1n) is 7.90. The molecule has 122 valence electrons. The summed E-state index contributed by atoms with van der Waals surface area (Å²) in [5.74, 6) is 0.406. The van der Waals surface area contributed by atoms with Gasteiger partial charge < -0.3 is 9.47 Å². The van der Waals surface area contributed by atoms with Gasteiger partial charge in [0, 0.05) is 0 Å². The normalized spacial score (nSPS) is 15.3. The molecular formula is C21H15NO3. The van der Waals surface area contributed by atoms with Gasteiger partial charge in [-0.05, 0) is 34.5 Å². The molecule has 0 radical (unpaired) electrons. The average Bonchev–Trinajstić information content (AvgIpc) is 3.02. The van der Waals surface area contributed by atoms with Crippen LogP contribution >= 0.6 is 0 Å². The molecule has 0 amide bonds. The maximum Gasteiger partial charge on any atom is 0.363 e. The van der Waals surface area contributed by atoms with E-state index in [0.717, 1.165) is 16.3 Å². The molecule has 1 aliphatic heterocycles. The summed E-state index contributed by atoms with van der Waals surface area (Å²) in [7, 11) is 1.57. The lowest BCUT2D eigenvalue weighted by Gasteiger charge is -2.05. The molecule has 0 aromatic heterocycles. The molecule has 1 heterocycles. The number of carbonyl (C=O) groups excluding carboxylic acids is 1. The highest BCUT2D eigenvalue weighted by atomic mass is 16.6. The summed E-state index contributed by atoms with van der Waals surface area (Å²) in [5.41, 5.74) is 1.85. The predicted molar refractivity (Wildman–Crippen MR) is 97.5 cm³/mol. The maximum absolute atomic E-state index is 12.3. The van der Waals surface area contributed by atoms with Gasteiger partial charge in [-0.2, -0.15) is 0 Å². The molecule has 0 saturated carbocycles. The van der Waals surface area contributed by atoms with E-state index in [-0.39, 0.29) is 11.6 Å². The van der Waals surface area contributed by atoms with Gasteiger partial charge in [0.2, 0.25) is 5.90 Å². The molecule has 0 bridgehead atoms. The van der Waals surface area contributed by atoms with Gasteiger partial charge >= 0.3 is 5.97 Å². The number of esters is 1. The van der Waals surface area contributed by atoms with Gasteiger partial charge in [-0.3, -0.25) is 0 Å². The summed E-state index contributed by atoms with van der Waals surface area (Å²) in [6.45, 7) is 0. The Morgan fingerprint density at radius 3 is 2.60 bits per heavy atom. The van der Waals surface area contributed by atoms with Gasteiger partial charge in [-0.15, -0.1) is 0 Å². The number of ether oxygens (including phenoxy) is 2. The van der Waals surface area contributed by atoms with Crippen LogP contribution in [0.4, 0.5) is 0 Å². The monoisotopic (exact) mass is 329 g/mol. The fourth-order valence-electron chi connectivity index (χ4n) is 2.87. The molecule has 0 unspecified atom stereocenters. The molecule has 0 fully saturated rings. The van der Waals surface area contributed by atoms with Crippen molar-refractivity contribution in [3.63, 3.8) is 0 Å². The average molecular weight is 329 g/mol. The van der Waals surface area contributed by atoms with E-state index in [4.69, 9.17) is 9.47 Å². The van der Waals surface area contributed by atoms with Crippen molar-refractivity contribution in [1.82, 2.24) is 0 Å². The third kappa shape index (κ3) is 2.78. The first-order chi connectivity index (χ1) is 12.3. The number of benzene rings is 3. The highest BCUT2D eigenvalue weighted by molar-refractivity contribution is 6.14. The van der Waals surface area contributed by atoms with Crippen LogP contribution in [0.2, 0.25) is 0 Å². The third-order valence-electron chi connectivity index (χ3n) is 4.07. The van der Waals surface area contributed by atoms with Crippen molar-refractivity contribution in [2.45, 2.75) is 0 Å². The molecule has 4 rings (SSSR count). The van der Waals surface area contributed by atoms with Crippen LogP contribution in [0.5, 0.6) is 5.75 Å². The molecule has 0 aliphatic carbocycles. The Balaban J connectivity index is 1.79. The second-order valence-electron chi connectivity index (χ2n) is 5.60. The van der Waals surface area contributed by atoms with E-state index in [1.165, 1.54) is 0 Å². The number of hydrogen-bond donors (Lipinski definition) is 0. The zero-order chi connectivity index (χ0) is 17.2. The van der Waals surface area contributed by atoms with Gasteiger partial charge in [0.25, 0.3) is 0 Å². The minimum Gasteiger partial charge on any atom is -0.496 e. The van der Waals surface area contributed by atoms with E-state index in [1.54, 1.807) is 19.3 Å². The molecule has 3 aromatic rings. The molecular weight excluding hydrogens is 314 g/mol. The Hall–Kier alpha value is -3.40. The van der Waals surface area contributed by atoms with Crippen LogP contribution in [-0.4, -0.2) is 19.0 Å². The van der Waals surface area contributed by atoms with Gasteiger partial charge in [0.15, 0.2) is 5.70 Å². The number of nitrogens with zero attached hydrogens (tertiary/aromatic N) is 1. The van der Waals surface area contributed by atoms with E-state index in [9.17, 15) is 4.79 Å². The minimum absolute atomic E-state index is 0.258. The number of hydrogen-bond acceptors (Lipinski definition) is 4. The van der Waals surface area contributed by atoms with Crippen LogP contribution in [0, 0.1) is 0 Å². The smallest absolute Gasteiger partial charge is 0.363 e. The van der Waals surface area contributed by atoms with Crippen molar-refractivity contribution in [2.75, 3.05) is 7.11 Å². The van der Waals surface area contributed by atoms with Gasteiger partial charge in [0.05, 0.1) is 12.7 Å². The summed E-state index contributed by atoms with van der Waals surface area (Å²) < 4.78 is 10.7. The summed E-state index contributed by atoms with van der Waals surface area (Å²) in [5, 5.41) is 2.17. The molecule has 1 aliphatic rings. The van der Waals surface area contributed by atoms with Crippen molar-refractivity contribution in [3.05, 3.63) is 83.6 Å². The molecule has 4 heteroatoms. The molecule has 0 spiro atoms. The van der Waals surface area contributed by atoms with Gasteiger partial charge in [0.1, 0.15) is 5.75 Å². The predicted octanol–water partition coefficient (Wildman–Crippen LogP) is 4.19. The van der Waals surface area contributed by atoms with Gasteiger partial charge in [-0.1, -0.05) is 54.6 Å². The molecule has 4 nitrogen and oxygen atoms in total. The minimum atomic E-state index is -0.464. The Morgan fingerprint density at radius 1 is 0.960 bits per heavy atom. The van der Waals surface area contributed by atoms with E-state index in [0.29, 0.717) is 11.3 Å². The van der Waals surface area contributed by atoms with E-state index >= 15 is 0 Å². The number of rotatable bonds is 3. The third-order valence-corrected chi connectivity index (χ3v) is 4.07. The fourth-order valence-corrected chi connectivity index (χ4v) is 2.87. The summed E-state index contributed by atoms with van der Waals surface area (Å²) in [6, 6.07) is 21.3. The number of carbonyl (C=O) groups is 1. The van der Waals surface area contributed by atoms with Crippen LogP contribution in [0.25, 0.3) is 16.8 Å². The standard InChI is InChI=1S/C21H15NO3/c1-24-19-12-5-4-11-17(19)20-22-18(21(23)25-20)13-15-9-6-8-14-7-2-3-10-16(14)15/h2-13H,1H3. The van der Waals surface area contributed by atoms with Gasteiger partial charge in [-0.25, -0.2) is 9.79 Å². The van der Waals surface area contributed by atoms with Crippen LogP contribution in [0.3, 0.4) is 0 Å². The molecule has 3 aromatic carbocycles. The Bertz CT molecular complexity index is 1030. The maximum atomic E-state index is 12.3. The quantitative estimate of drug-likeness (QED) is 0.535. The number of aliphatic imine (C=N–C) groups is 1. The lowest BCUT2D eigenvalue weighted by molar-refractivity contribution is -0.129. The van der Waals surface area contributed by atoms with E-state index < -0.39 is 5.97 Å². The molecule has 0 N–H and O–H groups in total. The number of cyclic esters (lactones) is 1. The summed E-state index contributed by atoms with van der Waals surface area (Å²) >= 11 is 0. The van der Waals surface area contributed by atoms with Crippen LogP contribution in [0.1, 0.15) is 11.1 Å². The topological polar surface area (TPSA) is 47.9 Å². The second kappa shape index (κ2) is 6.24. The Labute approximate surface area is 145 Å². The highest BCUT2D eigenvalue weighted by Gasteiger charge is 2.26. The van der Waals surface area contributed by atoms with Crippen molar-refractivity contribution in [2.24, 2.45) is 4.99 Å². The number of methoxy groups -OCH3 is 1. The number of para-hydroxylation sites is 1. The first-order valence-corrected chi connectivity index (χ1v) is 7.90. The van der Waals surface area contributed by atoms with Crippen molar-refractivity contribution in [3.8, 4) is 5.75 Å². The zero-order valence-electron chi connectivity index (χ0n) is 13.6. The van der Waals surface area contributed by atoms with E-state index in [1.807, 2.05) is 60.7 Å². The largest absolute Gasteiger partial charge is 0.496 e. The molecule has 0 atom stereocenters. The van der Waals surface area contributed by atoms with E-state index in [2.05, 4.69) is 4.99 Å². The SMILES string of the molecule is COc1ccccc1C1=NC(=Cc2cccc3ccccc23)C(=O)O1. The van der Waals surface area contributed by atoms with Crippen molar-refractivity contribution >= 4 is 28.7 Å². The Morgan fingerprint density at radius 2 is 1.72 bits per heavy atom. The zero-order valence-corrected chi connectivity index (χ0v) is 13.6. The van der Waals surface area contributed by atoms with Crippen LogP contribution in [-0.2, 0) is 9.53 Å². The highest BCUT2D eigenvalue weighted by Crippen LogP contribution is 2.26. The van der Waals surface area contributed by atoms with Crippen LogP contribution < -0.4 is 4.74 Å². The van der Waals surface area contributed by atoms with Crippen LogP contribution in [0.15, 0.2) is 77.4 Å². The molecule has 25 heavy (non-hydrogen) atoms. The first kappa shape index (κ1) is 15.1. The fraction of sp³-hybridized carbons (Fsp3) is 0.0476. The lowest BCUT2D eigenvalue weighted by Crippen LogP contribution is -2.06. The van der Waals surface area contributed by atoms with Crippen molar-refractivity contribution < 1.29 is 14.3 Å². The lowest BCUT2D eigenvalue weighted by atomic mass is 10.0. The summed E-state index contributed by atoms with van der Waals surface area (Å²) in [4.78, 5) is 16.6. The molecule has 0 saturated heterocycles.